The Balaban J connectivity index is 2.01. The standard InChI is InChI=1S/C17H18N2O3/c1-18-16(20)11-19-15-10-6-5-9-14(15)17(21)22-12-13-7-3-2-4-8-13/h2-10,19H,11-12H2,1H3,(H,18,20). The molecule has 5 heteroatoms. The first-order valence-electron chi connectivity index (χ1n) is 6.95. The van der Waals surface area contributed by atoms with Crippen molar-refractivity contribution in [1.82, 2.24) is 5.32 Å². The third-order valence-electron chi connectivity index (χ3n) is 3.08. The molecule has 0 saturated carbocycles. The molecule has 0 unspecified atom stereocenters. The molecule has 0 atom stereocenters. The highest BCUT2D eigenvalue weighted by molar-refractivity contribution is 5.96. The maximum absolute atomic E-state index is 12.2. The summed E-state index contributed by atoms with van der Waals surface area (Å²) >= 11 is 0. The van der Waals surface area contributed by atoms with Gasteiger partial charge in [0.15, 0.2) is 0 Å². The van der Waals surface area contributed by atoms with E-state index < -0.39 is 5.97 Å². The number of esters is 1. The molecule has 22 heavy (non-hydrogen) atoms. The number of anilines is 1. The fourth-order valence-electron chi connectivity index (χ4n) is 1.88. The molecule has 5 nitrogen and oxygen atoms in total. The van der Waals surface area contributed by atoms with E-state index in [-0.39, 0.29) is 19.1 Å². The number of likely N-dealkylation sites (N-methyl/N-ethyl adjacent to an activating group) is 1. The average molecular weight is 298 g/mol. The molecule has 0 saturated heterocycles. The zero-order chi connectivity index (χ0) is 15.8. The predicted molar refractivity (Wildman–Crippen MR) is 84.6 cm³/mol. The minimum atomic E-state index is -0.427. The number of hydrogen-bond acceptors (Lipinski definition) is 4. The van der Waals surface area contributed by atoms with Crippen LogP contribution in [0.5, 0.6) is 0 Å². The molecule has 0 aliphatic heterocycles. The van der Waals surface area contributed by atoms with Crippen molar-refractivity contribution in [3.8, 4) is 0 Å². The minimum Gasteiger partial charge on any atom is -0.457 e. The Kier molecular flexibility index (Phi) is 5.54. The number of carbonyl (C=O) groups is 2. The van der Waals surface area contributed by atoms with Crippen LogP contribution < -0.4 is 10.6 Å². The molecule has 1 amide bonds. The van der Waals surface area contributed by atoms with Gasteiger partial charge in [0, 0.05) is 12.7 Å². The summed E-state index contributed by atoms with van der Waals surface area (Å²) in [5, 5.41) is 5.44. The summed E-state index contributed by atoms with van der Waals surface area (Å²) in [6.07, 6.45) is 0. The predicted octanol–water partition coefficient (Wildman–Crippen LogP) is 2.20. The largest absolute Gasteiger partial charge is 0.457 e. The van der Waals surface area contributed by atoms with E-state index in [1.165, 1.54) is 0 Å². The summed E-state index contributed by atoms with van der Waals surface area (Å²) in [6, 6.07) is 16.4. The van der Waals surface area contributed by atoms with Crippen LogP contribution in [-0.2, 0) is 16.1 Å². The van der Waals surface area contributed by atoms with Crippen molar-refractivity contribution < 1.29 is 14.3 Å². The molecule has 2 aromatic carbocycles. The van der Waals surface area contributed by atoms with Crippen LogP contribution in [0.25, 0.3) is 0 Å². The Morgan fingerprint density at radius 3 is 2.41 bits per heavy atom. The SMILES string of the molecule is CNC(=O)CNc1ccccc1C(=O)OCc1ccccc1. The fraction of sp³-hybridized carbons (Fsp3) is 0.176. The zero-order valence-corrected chi connectivity index (χ0v) is 12.3. The van der Waals surface area contributed by atoms with Gasteiger partial charge >= 0.3 is 5.97 Å². The van der Waals surface area contributed by atoms with Gasteiger partial charge in [0.05, 0.1) is 12.1 Å². The molecule has 2 N–H and O–H groups in total. The monoisotopic (exact) mass is 298 g/mol. The molecule has 0 heterocycles. The second kappa shape index (κ2) is 7.83. The summed E-state index contributed by atoms with van der Waals surface area (Å²) in [5.41, 5.74) is 1.90. The fourth-order valence-corrected chi connectivity index (χ4v) is 1.88. The van der Waals surface area contributed by atoms with Gasteiger partial charge in [0.1, 0.15) is 6.61 Å². The quantitative estimate of drug-likeness (QED) is 0.802. The molecule has 0 spiro atoms. The Labute approximate surface area is 129 Å². The van der Waals surface area contributed by atoms with E-state index in [2.05, 4.69) is 10.6 Å². The first kappa shape index (κ1) is 15.6. The van der Waals surface area contributed by atoms with E-state index in [1.54, 1.807) is 31.3 Å². The maximum atomic E-state index is 12.2. The van der Waals surface area contributed by atoms with E-state index in [1.807, 2.05) is 30.3 Å². The number of benzene rings is 2. The molecule has 2 aromatic rings. The molecule has 2 rings (SSSR count). The second-order valence-electron chi connectivity index (χ2n) is 4.63. The van der Waals surface area contributed by atoms with Crippen LogP contribution in [-0.4, -0.2) is 25.5 Å². The van der Waals surface area contributed by atoms with Crippen molar-refractivity contribution in [2.45, 2.75) is 6.61 Å². The highest BCUT2D eigenvalue weighted by Crippen LogP contribution is 2.16. The Morgan fingerprint density at radius 1 is 1.00 bits per heavy atom. The summed E-state index contributed by atoms with van der Waals surface area (Å²) in [4.78, 5) is 23.5. The number of para-hydroxylation sites is 1. The van der Waals surface area contributed by atoms with Crippen molar-refractivity contribution in [3.05, 3.63) is 65.7 Å². The van der Waals surface area contributed by atoms with Gasteiger partial charge < -0.3 is 15.4 Å². The normalized spacial score (nSPS) is 9.86. The van der Waals surface area contributed by atoms with Crippen molar-refractivity contribution in [2.24, 2.45) is 0 Å². The van der Waals surface area contributed by atoms with Crippen molar-refractivity contribution in [2.75, 3.05) is 18.9 Å². The molecule has 0 aromatic heterocycles. The van der Waals surface area contributed by atoms with Gasteiger partial charge in [0.2, 0.25) is 5.91 Å². The third-order valence-corrected chi connectivity index (χ3v) is 3.08. The van der Waals surface area contributed by atoms with Crippen LogP contribution in [0.2, 0.25) is 0 Å². The first-order chi connectivity index (χ1) is 10.7. The van der Waals surface area contributed by atoms with Crippen molar-refractivity contribution in [3.63, 3.8) is 0 Å². The Morgan fingerprint density at radius 2 is 1.68 bits per heavy atom. The van der Waals surface area contributed by atoms with Gasteiger partial charge in [-0.25, -0.2) is 4.79 Å². The topological polar surface area (TPSA) is 67.4 Å². The van der Waals surface area contributed by atoms with E-state index >= 15 is 0 Å². The minimum absolute atomic E-state index is 0.0967. The highest BCUT2D eigenvalue weighted by Gasteiger charge is 2.13. The van der Waals surface area contributed by atoms with E-state index in [4.69, 9.17) is 4.74 Å². The molecule has 0 radical (unpaired) electrons. The highest BCUT2D eigenvalue weighted by atomic mass is 16.5. The second-order valence-corrected chi connectivity index (χ2v) is 4.63. The first-order valence-corrected chi connectivity index (χ1v) is 6.95. The van der Waals surface area contributed by atoms with Crippen LogP contribution in [0, 0.1) is 0 Å². The van der Waals surface area contributed by atoms with Crippen molar-refractivity contribution in [1.29, 1.82) is 0 Å². The van der Waals surface area contributed by atoms with Gasteiger partial charge in [-0.2, -0.15) is 0 Å². The van der Waals surface area contributed by atoms with Gasteiger partial charge in [-0.15, -0.1) is 0 Å². The van der Waals surface area contributed by atoms with Gasteiger partial charge in [-0.05, 0) is 17.7 Å². The molecule has 0 aliphatic carbocycles. The number of hydrogen-bond donors (Lipinski definition) is 2. The molecule has 114 valence electrons. The van der Waals surface area contributed by atoms with Crippen LogP contribution in [0.15, 0.2) is 54.6 Å². The smallest absolute Gasteiger partial charge is 0.340 e. The lowest BCUT2D eigenvalue weighted by Crippen LogP contribution is -2.26. The summed E-state index contributed by atoms with van der Waals surface area (Å²) in [6.45, 7) is 0.308. The van der Waals surface area contributed by atoms with Gasteiger partial charge in [-0.1, -0.05) is 42.5 Å². The van der Waals surface area contributed by atoms with Crippen molar-refractivity contribution >= 4 is 17.6 Å². The van der Waals surface area contributed by atoms with Crippen LogP contribution in [0.3, 0.4) is 0 Å². The number of ether oxygens (including phenoxy) is 1. The Bertz CT molecular complexity index is 641. The van der Waals surface area contributed by atoms with Crippen LogP contribution in [0.4, 0.5) is 5.69 Å². The average Bonchev–Trinajstić information content (AvgIpc) is 2.58. The lowest BCUT2D eigenvalue weighted by Gasteiger charge is -2.11. The van der Waals surface area contributed by atoms with Crippen LogP contribution >= 0.6 is 0 Å². The Hall–Kier alpha value is -2.82. The summed E-state index contributed by atoms with van der Waals surface area (Å²) in [5.74, 6) is -0.587. The molecule has 0 aliphatic rings. The number of rotatable bonds is 6. The van der Waals surface area contributed by atoms with Gasteiger partial charge in [0.25, 0.3) is 0 Å². The maximum Gasteiger partial charge on any atom is 0.340 e. The summed E-state index contributed by atoms with van der Waals surface area (Å²) < 4.78 is 5.31. The molecule has 0 bridgehead atoms. The molecule has 0 fully saturated rings. The molecular weight excluding hydrogens is 280 g/mol. The lowest BCUT2D eigenvalue weighted by molar-refractivity contribution is -0.118. The van der Waals surface area contributed by atoms with E-state index in [0.717, 1.165) is 5.56 Å². The van der Waals surface area contributed by atoms with Gasteiger partial charge in [-0.3, -0.25) is 4.79 Å². The number of carbonyl (C=O) groups excluding carboxylic acids is 2. The summed E-state index contributed by atoms with van der Waals surface area (Å²) in [7, 11) is 1.56. The van der Waals surface area contributed by atoms with E-state index in [9.17, 15) is 9.59 Å². The molecular formula is C17H18N2O3. The van der Waals surface area contributed by atoms with Crippen LogP contribution in [0.1, 0.15) is 15.9 Å². The zero-order valence-electron chi connectivity index (χ0n) is 12.3. The lowest BCUT2D eigenvalue weighted by atomic mass is 10.1. The number of nitrogens with one attached hydrogen (secondary N) is 2. The van der Waals surface area contributed by atoms with E-state index in [0.29, 0.717) is 11.3 Å². The third kappa shape index (κ3) is 4.34. The number of amides is 1.